The van der Waals surface area contributed by atoms with Crippen molar-refractivity contribution >= 4 is 13.7 Å². The van der Waals surface area contributed by atoms with E-state index in [1.165, 1.54) is 77.0 Å². The number of likely N-dealkylation sites (N-methyl/N-ethyl adjacent to an activating group) is 1. The third-order valence-electron chi connectivity index (χ3n) is 11.0. The molecule has 9 heteroatoms. The van der Waals surface area contributed by atoms with E-state index >= 15 is 0 Å². The van der Waals surface area contributed by atoms with Gasteiger partial charge in [-0.25, -0.2) is 4.57 Å². The molecule has 0 rings (SSSR count). The average Bonchev–Trinajstić information content (AvgIpc) is 3.28. The first-order valence-electron chi connectivity index (χ1n) is 26.3. The first-order chi connectivity index (χ1) is 32.0. The van der Waals surface area contributed by atoms with Crippen molar-refractivity contribution in [3.8, 4) is 0 Å². The van der Waals surface area contributed by atoms with E-state index in [1.807, 2.05) is 27.2 Å². The Kier molecular flexibility index (Phi) is 45.2. The molecule has 0 radical (unpaired) electrons. The molecule has 0 aliphatic carbocycles. The molecule has 0 saturated heterocycles. The predicted molar refractivity (Wildman–Crippen MR) is 285 cm³/mol. The van der Waals surface area contributed by atoms with Crippen LogP contribution >= 0.6 is 7.82 Å². The number of quaternary nitrogens is 1. The Balaban J connectivity index is 4.33. The highest BCUT2D eigenvalue weighted by molar-refractivity contribution is 7.47. The molecule has 3 N–H and O–H groups in total. The normalized spacial score (nSPS) is 15.0. The van der Waals surface area contributed by atoms with Crippen molar-refractivity contribution in [2.75, 3.05) is 40.9 Å². The number of hydrogen-bond donors (Lipinski definition) is 3. The molecule has 0 saturated carbocycles. The number of nitrogens with zero attached hydrogens (tertiary/aromatic N) is 1. The van der Waals surface area contributed by atoms with Crippen LogP contribution in [-0.2, 0) is 18.4 Å². The lowest BCUT2D eigenvalue weighted by atomic mass is 10.1. The number of phosphoric ester groups is 1. The highest BCUT2D eigenvalue weighted by Crippen LogP contribution is 2.43. The number of unbranched alkanes of at least 4 members (excludes halogenated alkanes) is 17. The highest BCUT2D eigenvalue weighted by Gasteiger charge is 2.27. The molecule has 0 bridgehead atoms. The van der Waals surface area contributed by atoms with Gasteiger partial charge in [0.25, 0.3) is 0 Å². The van der Waals surface area contributed by atoms with Gasteiger partial charge in [0.05, 0.1) is 39.9 Å². The van der Waals surface area contributed by atoms with E-state index in [9.17, 15) is 19.4 Å². The molecule has 0 fully saturated rings. The topological polar surface area (TPSA) is 105 Å². The fraction of sp³-hybridized carbons (Fsp3) is 0.667. The van der Waals surface area contributed by atoms with E-state index in [-0.39, 0.29) is 19.1 Å². The smallest absolute Gasteiger partial charge is 0.387 e. The summed E-state index contributed by atoms with van der Waals surface area (Å²) in [6.07, 6.45) is 68.9. The fourth-order valence-electron chi connectivity index (χ4n) is 6.86. The minimum atomic E-state index is -4.36. The Labute approximate surface area is 406 Å². The van der Waals surface area contributed by atoms with E-state index in [0.717, 1.165) is 96.3 Å². The average molecular weight is 940 g/mol. The molecule has 66 heavy (non-hydrogen) atoms. The summed E-state index contributed by atoms with van der Waals surface area (Å²) in [5.41, 5.74) is 0. The van der Waals surface area contributed by atoms with Crippen LogP contribution in [-0.4, -0.2) is 73.4 Å². The van der Waals surface area contributed by atoms with Gasteiger partial charge in [0.15, 0.2) is 0 Å². The van der Waals surface area contributed by atoms with Gasteiger partial charge in [0.1, 0.15) is 13.2 Å². The molecule has 3 unspecified atom stereocenters. The summed E-state index contributed by atoms with van der Waals surface area (Å²) in [4.78, 5) is 23.2. The zero-order valence-corrected chi connectivity index (χ0v) is 43.8. The Bertz CT molecular complexity index is 1440. The van der Waals surface area contributed by atoms with Crippen molar-refractivity contribution in [2.45, 2.75) is 206 Å². The number of carbonyl (C=O) groups is 1. The zero-order valence-electron chi connectivity index (χ0n) is 42.9. The zero-order chi connectivity index (χ0) is 48.5. The van der Waals surface area contributed by atoms with Crippen LogP contribution in [0, 0.1) is 0 Å². The molecule has 0 heterocycles. The maximum atomic E-state index is 12.9. The summed E-state index contributed by atoms with van der Waals surface area (Å²) in [5.74, 6) is -0.204. The highest BCUT2D eigenvalue weighted by atomic mass is 31.2. The van der Waals surface area contributed by atoms with Crippen LogP contribution < -0.4 is 5.32 Å². The number of aliphatic hydroxyl groups is 1. The summed E-state index contributed by atoms with van der Waals surface area (Å²) in [6, 6.07) is -0.877. The van der Waals surface area contributed by atoms with E-state index in [0.29, 0.717) is 17.4 Å². The molecule has 1 amide bonds. The molecule has 0 aliphatic rings. The van der Waals surface area contributed by atoms with E-state index in [1.54, 1.807) is 6.08 Å². The van der Waals surface area contributed by atoms with Crippen molar-refractivity contribution in [1.29, 1.82) is 0 Å². The Morgan fingerprint density at radius 2 is 0.924 bits per heavy atom. The monoisotopic (exact) mass is 940 g/mol. The molecule has 0 aromatic carbocycles. The molecule has 0 aliphatic heterocycles. The van der Waals surface area contributed by atoms with Gasteiger partial charge in [-0.1, -0.05) is 207 Å². The first kappa shape index (κ1) is 63.2. The van der Waals surface area contributed by atoms with Gasteiger partial charge < -0.3 is 19.8 Å². The van der Waals surface area contributed by atoms with Gasteiger partial charge in [0.2, 0.25) is 5.91 Å². The predicted octanol–water partition coefficient (Wildman–Crippen LogP) is 15.6. The molecular weight excluding hydrogens is 840 g/mol. The summed E-state index contributed by atoms with van der Waals surface area (Å²) in [5, 5.41) is 13.8. The lowest BCUT2D eigenvalue weighted by molar-refractivity contribution is -0.870. The second kappa shape index (κ2) is 47.2. The summed E-state index contributed by atoms with van der Waals surface area (Å²) in [6.45, 7) is 4.65. The number of amides is 1. The Hall–Kier alpha value is -2.84. The number of carbonyl (C=O) groups excluding carboxylic acids is 1. The number of rotatable bonds is 46. The van der Waals surface area contributed by atoms with Crippen molar-refractivity contribution < 1.29 is 32.9 Å². The quantitative estimate of drug-likeness (QED) is 0.0243. The third-order valence-corrected chi connectivity index (χ3v) is 12.0. The number of aliphatic hydroxyl groups excluding tert-OH is 1. The van der Waals surface area contributed by atoms with Gasteiger partial charge in [0, 0.05) is 6.42 Å². The number of phosphoric acid groups is 1. The minimum absolute atomic E-state index is 0.0478. The third kappa shape index (κ3) is 49.1. The van der Waals surface area contributed by atoms with Crippen molar-refractivity contribution in [1.82, 2.24) is 5.32 Å². The first-order valence-corrected chi connectivity index (χ1v) is 27.8. The van der Waals surface area contributed by atoms with E-state index < -0.39 is 20.0 Å². The van der Waals surface area contributed by atoms with Gasteiger partial charge in [-0.05, 0) is 89.9 Å². The SMILES string of the molecule is CC/C=C\C/C=C\C/C=C\C/C=C\C/C=C\C/C=C\C/C=C\CCCCCCCCCC(=O)NC(COP(=O)(O)OCC[N+](C)(C)C)C(O)/C=C/CC/C=C/CCCCCCCCCCC. The van der Waals surface area contributed by atoms with Crippen LogP contribution in [0.3, 0.4) is 0 Å². The molecule has 8 nitrogen and oxygen atoms in total. The lowest BCUT2D eigenvalue weighted by Gasteiger charge is -2.25. The second-order valence-corrected chi connectivity index (χ2v) is 20.0. The summed E-state index contributed by atoms with van der Waals surface area (Å²) in [7, 11) is 1.53. The molecule has 0 aromatic heterocycles. The number of nitrogens with one attached hydrogen (secondary N) is 1. The van der Waals surface area contributed by atoms with E-state index in [4.69, 9.17) is 9.05 Å². The fourth-order valence-corrected chi connectivity index (χ4v) is 7.60. The van der Waals surface area contributed by atoms with E-state index in [2.05, 4.69) is 116 Å². The van der Waals surface area contributed by atoms with Crippen molar-refractivity contribution in [3.63, 3.8) is 0 Å². The van der Waals surface area contributed by atoms with Crippen LogP contribution in [0.1, 0.15) is 194 Å². The van der Waals surface area contributed by atoms with Gasteiger partial charge >= 0.3 is 7.82 Å². The molecule has 0 aromatic rings. The standard InChI is InChI=1S/C57H99N2O6P/c1-6-8-10-12-14-16-18-20-22-23-24-25-26-27-28-29-30-31-32-33-34-35-37-39-41-43-45-47-49-51-57(61)58-55(54-65-66(62,63)64-53-52-59(3,4)5)56(60)50-48-46-44-42-40-38-36-21-19-17-15-13-11-9-7-2/h8,10,14,16,20,22,24-25,27-28,30-31,33-34,40,42,48,50,55-56,60H,6-7,9,11-13,15,17-19,21,23,26,29,32,35-39,41,43-47,49,51-54H2,1-5H3,(H-,58,61,62,63)/p+1/b10-8-,16-14-,22-20-,25-24-,28-27-,31-30-,34-33-,42-40+,50-48+. The summed E-state index contributed by atoms with van der Waals surface area (Å²) < 4.78 is 23.6. The van der Waals surface area contributed by atoms with Crippen LogP contribution in [0.15, 0.2) is 109 Å². The van der Waals surface area contributed by atoms with Crippen LogP contribution in [0.25, 0.3) is 0 Å². The lowest BCUT2D eigenvalue weighted by Crippen LogP contribution is -2.45. The number of hydrogen-bond acceptors (Lipinski definition) is 5. The van der Waals surface area contributed by atoms with Gasteiger partial charge in [-0.15, -0.1) is 0 Å². The molecule has 0 spiro atoms. The molecule has 378 valence electrons. The largest absolute Gasteiger partial charge is 0.472 e. The Morgan fingerprint density at radius 3 is 1.39 bits per heavy atom. The maximum absolute atomic E-state index is 12.9. The van der Waals surface area contributed by atoms with Crippen LogP contribution in [0.4, 0.5) is 0 Å². The van der Waals surface area contributed by atoms with Gasteiger partial charge in [-0.2, -0.15) is 0 Å². The summed E-state index contributed by atoms with van der Waals surface area (Å²) >= 11 is 0. The van der Waals surface area contributed by atoms with Crippen molar-refractivity contribution in [2.24, 2.45) is 0 Å². The van der Waals surface area contributed by atoms with Crippen molar-refractivity contribution in [3.05, 3.63) is 109 Å². The minimum Gasteiger partial charge on any atom is -0.387 e. The second-order valence-electron chi connectivity index (χ2n) is 18.5. The number of allylic oxidation sites excluding steroid dienone is 17. The van der Waals surface area contributed by atoms with Crippen LogP contribution in [0.2, 0.25) is 0 Å². The molecular formula is C57H100N2O6P+. The Morgan fingerprint density at radius 1 is 0.530 bits per heavy atom. The maximum Gasteiger partial charge on any atom is 0.472 e. The molecule has 3 atom stereocenters. The van der Waals surface area contributed by atoms with Crippen LogP contribution in [0.5, 0.6) is 0 Å². The van der Waals surface area contributed by atoms with Gasteiger partial charge in [-0.3, -0.25) is 13.8 Å².